The van der Waals surface area contributed by atoms with E-state index in [-0.39, 0.29) is 35.1 Å². The number of nitrogens with one attached hydrogen (secondary N) is 1. The molecule has 1 amide bonds. The van der Waals surface area contributed by atoms with Gasteiger partial charge < -0.3 is 18.4 Å². The predicted octanol–water partition coefficient (Wildman–Crippen LogP) is 3.88. The van der Waals surface area contributed by atoms with Gasteiger partial charge in [0, 0.05) is 37.5 Å². The molecule has 0 saturated carbocycles. The van der Waals surface area contributed by atoms with E-state index in [0.29, 0.717) is 30.9 Å². The molecule has 12 heteroatoms. The summed E-state index contributed by atoms with van der Waals surface area (Å²) in [6.07, 6.45) is 0.368. The van der Waals surface area contributed by atoms with E-state index in [1.54, 1.807) is 27.9 Å². The van der Waals surface area contributed by atoms with Crippen LogP contribution in [0.2, 0.25) is 0 Å². The lowest BCUT2D eigenvalue weighted by molar-refractivity contribution is 0.0923. The van der Waals surface area contributed by atoms with Gasteiger partial charge in [-0.15, -0.1) is 0 Å². The first-order valence-corrected chi connectivity index (χ1v) is 12.7. The molecule has 3 atom stereocenters. The third kappa shape index (κ3) is 5.32. The van der Waals surface area contributed by atoms with Gasteiger partial charge in [0.15, 0.2) is 17.3 Å². The second-order valence-corrected chi connectivity index (χ2v) is 9.84. The lowest BCUT2D eigenvalue weighted by atomic mass is 10.0. The van der Waals surface area contributed by atoms with Crippen molar-refractivity contribution in [2.24, 2.45) is 5.92 Å². The van der Waals surface area contributed by atoms with E-state index in [1.807, 2.05) is 20.8 Å². The van der Waals surface area contributed by atoms with Crippen molar-refractivity contribution in [1.82, 2.24) is 14.9 Å². The molecule has 3 heterocycles. The van der Waals surface area contributed by atoms with Crippen LogP contribution in [-0.2, 0) is 3.07 Å². The summed E-state index contributed by atoms with van der Waals surface area (Å²) < 4.78 is 49.7. The number of carbonyl (C=O) groups excluding carboxylic acids is 1. The van der Waals surface area contributed by atoms with E-state index in [1.165, 1.54) is 12.1 Å². The maximum absolute atomic E-state index is 14.9. The largest absolute Gasteiger partial charge is 0.388 e. The SMILES string of the molecule is CCC(NC(=O)c1cn(-c2c(F)cc(F)cc2F)c2nc(N3C[C@@H](O)[C@H](OI)C3)ccc2c1=O)C(C)C. The Balaban J connectivity index is 1.93. The van der Waals surface area contributed by atoms with Crippen molar-refractivity contribution in [3.05, 3.63) is 63.7 Å². The van der Waals surface area contributed by atoms with Gasteiger partial charge in [-0.05, 0) is 24.5 Å². The van der Waals surface area contributed by atoms with Gasteiger partial charge in [0.1, 0.15) is 58.1 Å². The number of fused-ring (bicyclic) bond motifs is 1. The summed E-state index contributed by atoms with van der Waals surface area (Å²) in [5.74, 6) is -3.87. The molecule has 1 fully saturated rings. The Morgan fingerprint density at radius 1 is 1.24 bits per heavy atom. The van der Waals surface area contributed by atoms with Crippen LogP contribution in [0.3, 0.4) is 0 Å². The Bertz CT molecular complexity index is 1380. The zero-order valence-corrected chi connectivity index (χ0v) is 22.5. The van der Waals surface area contributed by atoms with Gasteiger partial charge in [-0.3, -0.25) is 14.2 Å². The summed E-state index contributed by atoms with van der Waals surface area (Å²) in [4.78, 5) is 32.7. The lowest BCUT2D eigenvalue weighted by Gasteiger charge is -2.22. The fourth-order valence-electron chi connectivity index (χ4n) is 4.48. The first kappa shape index (κ1) is 27.3. The molecular weight excluding hydrogens is 604 g/mol. The molecule has 0 radical (unpaired) electrons. The average molecular weight is 630 g/mol. The molecule has 0 spiro atoms. The van der Waals surface area contributed by atoms with Crippen molar-refractivity contribution < 1.29 is 26.1 Å². The number of rotatable bonds is 7. The lowest BCUT2D eigenvalue weighted by Crippen LogP contribution is -2.40. The number of benzene rings is 1. The van der Waals surface area contributed by atoms with Crippen LogP contribution in [0.1, 0.15) is 37.6 Å². The highest BCUT2D eigenvalue weighted by Gasteiger charge is 2.33. The summed E-state index contributed by atoms with van der Waals surface area (Å²) >= 11 is 1.70. The third-order valence-electron chi connectivity index (χ3n) is 6.54. The molecule has 1 saturated heterocycles. The zero-order chi connectivity index (χ0) is 27.0. The highest BCUT2D eigenvalue weighted by atomic mass is 127. The molecule has 198 valence electrons. The van der Waals surface area contributed by atoms with Gasteiger partial charge in [0.25, 0.3) is 5.91 Å². The average Bonchev–Trinajstić information content (AvgIpc) is 3.23. The minimum atomic E-state index is -1.23. The molecule has 4 rings (SSSR count). The summed E-state index contributed by atoms with van der Waals surface area (Å²) in [5.41, 5.74) is -1.82. The van der Waals surface area contributed by atoms with Crippen molar-refractivity contribution >= 4 is 45.8 Å². The van der Waals surface area contributed by atoms with E-state index >= 15 is 0 Å². The normalized spacial score (nSPS) is 18.6. The standard InChI is InChI=1S/C25H26F3IN4O4/c1-4-18(12(2)3)30-25(36)15-9-33(22-16(27)7-13(26)8-17(22)28)24-14(23(15)35)5-6-21(31-24)32-10-19(34)20(11-32)37-29/h5-9,12,18-20,34H,4,10-11H2,1-3H3,(H,30,36)/t18?,19-,20-/m1/s1. The fraction of sp³-hybridized carbons (Fsp3) is 0.400. The Morgan fingerprint density at radius 3 is 2.49 bits per heavy atom. The third-order valence-corrected chi connectivity index (χ3v) is 7.19. The van der Waals surface area contributed by atoms with Crippen LogP contribution >= 0.6 is 23.0 Å². The van der Waals surface area contributed by atoms with Crippen molar-refractivity contribution in [3.63, 3.8) is 0 Å². The Hall–Kier alpha value is -2.71. The number of aromatic nitrogens is 2. The molecule has 0 bridgehead atoms. The van der Waals surface area contributed by atoms with Gasteiger partial charge in [-0.25, -0.2) is 18.2 Å². The number of pyridine rings is 2. The summed E-state index contributed by atoms with van der Waals surface area (Å²) in [6, 6.07) is 3.73. The number of hydrogen-bond acceptors (Lipinski definition) is 6. The Labute approximate surface area is 225 Å². The van der Waals surface area contributed by atoms with Gasteiger partial charge in [-0.2, -0.15) is 0 Å². The van der Waals surface area contributed by atoms with Gasteiger partial charge in [0.05, 0.1) is 5.39 Å². The van der Waals surface area contributed by atoms with Gasteiger partial charge >= 0.3 is 0 Å². The number of carbonyl (C=O) groups is 1. The van der Waals surface area contributed by atoms with Crippen molar-refractivity contribution in [3.8, 4) is 5.69 Å². The predicted molar refractivity (Wildman–Crippen MR) is 141 cm³/mol. The molecule has 1 aliphatic rings. The van der Waals surface area contributed by atoms with Crippen LogP contribution < -0.4 is 15.6 Å². The van der Waals surface area contributed by atoms with Crippen LogP contribution in [0.15, 0.2) is 35.3 Å². The van der Waals surface area contributed by atoms with E-state index in [0.717, 1.165) is 10.8 Å². The van der Waals surface area contributed by atoms with Crippen molar-refractivity contribution in [1.29, 1.82) is 0 Å². The van der Waals surface area contributed by atoms with Crippen LogP contribution in [0.5, 0.6) is 0 Å². The summed E-state index contributed by atoms with van der Waals surface area (Å²) in [5, 5.41) is 13.0. The van der Waals surface area contributed by atoms with Crippen LogP contribution in [0.4, 0.5) is 19.0 Å². The fourth-order valence-corrected chi connectivity index (χ4v) is 4.98. The maximum Gasteiger partial charge on any atom is 0.257 e. The number of aliphatic hydroxyl groups is 1. The molecule has 0 aliphatic carbocycles. The minimum absolute atomic E-state index is 0.0569. The molecular formula is C25H26F3IN4O4. The molecule has 1 aromatic carbocycles. The number of β-amino-alcohol motifs (C(OH)–C–C–N with tert-alkyl or cyclic N) is 1. The number of nitrogens with zero attached hydrogens (tertiary/aromatic N) is 3. The number of halogens is 4. The van der Waals surface area contributed by atoms with Crippen LogP contribution in [0, 0.1) is 23.4 Å². The maximum atomic E-state index is 14.9. The monoisotopic (exact) mass is 630 g/mol. The van der Waals surface area contributed by atoms with E-state index in [9.17, 15) is 27.9 Å². The van der Waals surface area contributed by atoms with E-state index < -0.39 is 46.7 Å². The Kier molecular flexibility index (Phi) is 8.09. The van der Waals surface area contributed by atoms with Crippen molar-refractivity contribution in [2.75, 3.05) is 18.0 Å². The number of aliphatic hydroxyl groups excluding tert-OH is 1. The molecule has 3 aromatic rings. The first-order valence-electron chi connectivity index (χ1n) is 11.8. The van der Waals surface area contributed by atoms with Crippen LogP contribution in [-0.4, -0.2) is 51.9 Å². The second kappa shape index (κ2) is 11.0. The Morgan fingerprint density at radius 2 is 1.92 bits per heavy atom. The highest BCUT2D eigenvalue weighted by Crippen LogP contribution is 2.27. The van der Waals surface area contributed by atoms with Crippen molar-refractivity contribution in [2.45, 2.75) is 45.4 Å². The quantitative estimate of drug-likeness (QED) is 0.385. The van der Waals surface area contributed by atoms with Crippen LogP contribution in [0.25, 0.3) is 16.7 Å². The molecule has 1 unspecified atom stereocenters. The zero-order valence-electron chi connectivity index (χ0n) is 20.3. The second-order valence-electron chi connectivity index (χ2n) is 9.33. The molecule has 1 aliphatic heterocycles. The number of hydrogen-bond donors (Lipinski definition) is 2. The highest BCUT2D eigenvalue weighted by molar-refractivity contribution is 14.1. The van der Waals surface area contributed by atoms with Gasteiger partial charge in [-0.1, -0.05) is 20.8 Å². The van der Waals surface area contributed by atoms with Gasteiger partial charge in [0.2, 0.25) is 5.43 Å². The first-order chi connectivity index (χ1) is 17.5. The smallest absolute Gasteiger partial charge is 0.257 e. The summed E-state index contributed by atoms with van der Waals surface area (Å²) in [7, 11) is 0. The number of anilines is 1. The number of amides is 1. The van der Waals surface area contributed by atoms with E-state index in [4.69, 9.17) is 3.07 Å². The molecule has 8 nitrogen and oxygen atoms in total. The molecule has 37 heavy (non-hydrogen) atoms. The van der Waals surface area contributed by atoms with E-state index in [2.05, 4.69) is 10.3 Å². The summed E-state index contributed by atoms with van der Waals surface area (Å²) in [6.45, 7) is 6.21. The topological polar surface area (TPSA) is 96.7 Å². The molecule has 2 N–H and O–H groups in total. The molecule has 2 aromatic heterocycles. The minimum Gasteiger partial charge on any atom is -0.388 e.